The van der Waals surface area contributed by atoms with Gasteiger partial charge in [0.2, 0.25) is 5.91 Å². The molecule has 0 radical (unpaired) electrons. The van der Waals surface area contributed by atoms with Gasteiger partial charge in [-0.3, -0.25) is 4.79 Å². The lowest BCUT2D eigenvalue weighted by atomic mass is 10.1. The molecule has 0 bridgehead atoms. The normalized spacial score (nSPS) is 10.6. The Balaban J connectivity index is 2.59. The number of hydrogen-bond donors (Lipinski definition) is 0. The smallest absolute Gasteiger partial charge is 0.227 e. The van der Waals surface area contributed by atoms with Crippen molar-refractivity contribution in [3.8, 4) is 0 Å². The minimum absolute atomic E-state index is 0.177. The maximum absolute atomic E-state index is 12.1. The van der Waals surface area contributed by atoms with E-state index in [9.17, 15) is 4.79 Å². The molecule has 0 N–H and O–H groups in total. The average molecular weight is 254 g/mol. The summed E-state index contributed by atoms with van der Waals surface area (Å²) < 4.78 is 0. The number of amides is 1. The van der Waals surface area contributed by atoms with Crippen LogP contribution in [0.15, 0.2) is 30.3 Å². The molecule has 1 amide bonds. The molecule has 1 aromatic rings. The molecular weight excluding hydrogens is 234 g/mol. The third-order valence-electron chi connectivity index (χ3n) is 2.67. The predicted molar refractivity (Wildman–Crippen MR) is 72.3 cm³/mol. The van der Waals surface area contributed by atoms with Gasteiger partial charge in [-0.25, -0.2) is 0 Å². The van der Waals surface area contributed by atoms with Crippen molar-refractivity contribution >= 4 is 17.5 Å². The number of hydrogen-bond acceptors (Lipinski definition) is 1. The fourth-order valence-electron chi connectivity index (χ4n) is 1.77. The molecule has 1 rings (SSSR count). The summed E-state index contributed by atoms with van der Waals surface area (Å²) in [5.74, 6) is 0.776. The summed E-state index contributed by atoms with van der Waals surface area (Å²) in [6, 6.07) is 10.1. The van der Waals surface area contributed by atoms with Crippen LogP contribution >= 0.6 is 11.6 Å². The van der Waals surface area contributed by atoms with Crippen LogP contribution in [0.25, 0.3) is 0 Å². The van der Waals surface area contributed by atoms with Gasteiger partial charge in [-0.15, -0.1) is 11.6 Å². The van der Waals surface area contributed by atoms with Crippen molar-refractivity contribution < 1.29 is 4.79 Å². The van der Waals surface area contributed by atoms with Gasteiger partial charge in [-0.05, 0) is 25.8 Å². The first kappa shape index (κ1) is 14.0. The quantitative estimate of drug-likeness (QED) is 0.714. The summed E-state index contributed by atoms with van der Waals surface area (Å²) in [5.41, 5.74) is 1.06. The van der Waals surface area contributed by atoms with Crippen molar-refractivity contribution in [2.24, 2.45) is 0 Å². The summed E-state index contributed by atoms with van der Waals surface area (Å²) in [7, 11) is 0. The number of carbonyl (C=O) groups is 1. The van der Waals surface area contributed by atoms with Crippen LogP contribution in [-0.4, -0.2) is 29.3 Å². The zero-order valence-corrected chi connectivity index (χ0v) is 11.3. The SMILES string of the molecule is CC(C)N(CCCCl)C(=O)Cc1ccccc1. The first-order valence-electron chi connectivity index (χ1n) is 6.04. The Kier molecular flexibility index (Phi) is 6.06. The van der Waals surface area contributed by atoms with Crippen LogP contribution in [0.5, 0.6) is 0 Å². The second kappa shape index (κ2) is 7.33. The van der Waals surface area contributed by atoms with E-state index < -0.39 is 0 Å². The van der Waals surface area contributed by atoms with E-state index in [1.54, 1.807) is 0 Å². The van der Waals surface area contributed by atoms with E-state index in [0.29, 0.717) is 12.3 Å². The van der Waals surface area contributed by atoms with Crippen LogP contribution in [-0.2, 0) is 11.2 Å². The van der Waals surface area contributed by atoms with Crippen LogP contribution in [0.3, 0.4) is 0 Å². The molecule has 1 aromatic carbocycles. The van der Waals surface area contributed by atoms with Gasteiger partial charge in [-0.2, -0.15) is 0 Å². The number of rotatable bonds is 6. The molecule has 94 valence electrons. The lowest BCUT2D eigenvalue weighted by Gasteiger charge is -2.26. The fourth-order valence-corrected chi connectivity index (χ4v) is 1.89. The third kappa shape index (κ3) is 4.78. The zero-order chi connectivity index (χ0) is 12.7. The molecule has 0 atom stereocenters. The summed E-state index contributed by atoms with van der Waals surface area (Å²) in [6.07, 6.45) is 1.32. The maximum atomic E-state index is 12.1. The van der Waals surface area contributed by atoms with E-state index >= 15 is 0 Å². The molecule has 0 aromatic heterocycles. The van der Waals surface area contributed by atoms with Gasteiger partial charge in [0.25, 0.3) is 0 Å². The standard InChI is InChI=1S/C14H20ClNO/c1-12(2)16(10-6-9-15)14(17)11-13-7-4-3-5-8-13/h3-5,7-8,12H,6,9-11H2,1-2H3. The molecule has 0 saturated carbocycles. The number of alkyl halides is 1. The van der Waals surface area contributed by atoms with Crippen LogP contribution < -0.4 is 0 Å². The Hall–Kier alpha value is -1.02. The van der Waals surface area contributed by atoms with Gasteiger partial charge in [0.1, 0.15) is 0 Å². The summed E-state index contributed by atoms with van der Waals surface area (Å²) >= 11 is 5.68. The molecule has 0 aliphatic carbocycles. The highest BCUT2D eigenvalue weighted by Gasteiger charge is 2.16. The molecule has 0 saturated heterocycles. The van der Waals surface area contributed by atoms with Gasteiger partial charge >= 0.3 is 0 Å². The Morgan fingerprint density at radius 1 is 1.29 bits per heavy atom. The van der Waals surface area contributed by atoms with E-state index in [-0.39, 0.29) is 11.9 Å². The van der Waals surface area contributed by atoms with Gasteiger partial charge < -0.3 is 4.90 Å². The second-order valence-corrected chi connectivity index (χ2v) is 4.76. The van der Waals surface area contributed by atoms with Crippen LogP contribution in [0, 0.1) is 0 Å². The van der Waals surface area contributed by atoms with E-state index in [2.05, 4.69) is 0 Å². The number of benzene rings is 1. The Morgan fingerprint density at radius 3 is 2.47 bits per heavy atom. The Bertz CT molecular complexity index is 337. The number of carbonyl (C=O) groups excluding carboxylic acids is 1. The highest BCUT2D eigenvalue weighted by atomic mass is 35.5. The van der Waals surface area contributed by atoms with Gasteiger partial charge in [0.05, 0.1) is 6.42 Å². The third-order valence-corrected chi connectivity index (χ3v) is 2.94. The molecule has 0 aliphatic rings. The summed E-state index contributed by atoms with van der Waals surface area (Å²) in [4.78, 5) is 14.0. The van der Waals surface area contributed by atoms with Crippen molar-refractivity contribution in [1.29, 1.82) is 0 Å². The summed E-state index contributed by atoms with van der Waals surface area (Å²) in [5, 5.41) is 0. The van der Waals surface area contributed by atoms with E-state index in [1.165, 1.54) is 0 Å². The van der Waals surface area contributed by atoms with Crippen molar-refractivity contribution in [2.45, 2.75) is 32.7 Å². The molecule has 2 nitrogen and oxygen atoms in total. The second-order valence-electron chi connectivity index (χ2n) is 4.39. The highest BCUT2D eigenvalue weighted by molar-refractivity contribution is 6.17. The molecular formula is C14H20ClNO. The molecule has 0 heterocycles. The van der Waals surface area contributed by atoms with Gasteiger partial charge in [0.15, 0.2) is 0 Å². The topological polar surface area (TPSA) is 20.3 Å². The Morgan fingerprint density at radius 2 is 1.94 bits per heavy atom. The van der Waals surface area contributed by atoms with Crippen molar-refractivity contribution in [3.05, 3.63) is 35.9 Å². The minimum Gasteiger partial charge on any atom is -0.340 e. The zero-order valence-electron chi connectivity index (χ0n) is 10.5. The predicted octanol–water partition coefficient (Wildman–Crippen LogP) is 3.10. The van der Waals surface area contributed by atoms with Crippen LogP contribution in [0.4, 0.5) is 0 Å². The molecule has 0 spiro atoms. The van der Waals surface area contributed by atoms with Crippen LogP contribution in [0.1, 0.15) is 25.8 Å². The number of nitrogens with zero attached hydrogens (tertiary/aromatic N) is 1. The summed E-state index contributed by atoms with van der Waals surface area (Å²) in [6.45, 7) is 4.82. The molecule has 0 fully saturated rings. The maximum Gasteiger partial charge on any atom is 0.227 e. The van der Waals surface area contributed by atoms with Crippen molar-refractivity contribution in [2.75, 3.05) is 12.4 Å². The first-order valence-corrected chi connectivity index (χ1v) is 6.58. The highest BCUT2D eigenvalue weighted by Crippen LogP contribution is 2.07. The molecule has 0 unspecified atom stereocenters. The van der Waals surface area contributed by atoms with Gasteiger partial charge in [0, 0.05) is 18.5 Å². The number of halogens is 1. The molecule has 17 heavy (non-hydrogen) atoms. The molecule has 3 heteroatoms. The minimum atomic E-state index is 0.177. The van der Waals surface area contributed by atoms with Gasteiger partial charge in [-0.1, -0.05) is 30.3 Å². The van der Waals surface area contributed by atoms with E-state index in [4.69, 9.17) is 11.6 Å². The fraction of sp³-hybridized carbons (Fsp3) is 0.500. The Labute approximate surface area is 109 Å². The van der Waals surface area contributed by atoms with Crippen LogP contribution in [0.2, 0.25) is 0 Å². The molecule has 0 aliphatic heterocycles. The largest absolute Gasteiger partial charge is 0.340 e. The van der Waals surface area contributed by atoms with E-state index in [0.717, 1.165) is 18.5 Å². The van der Waals surface area contributed by atoms with Crippen molar-refractivity contribution in [3.63, 3.8) is 0 Å². The first-order chi connectivity index (χ1) is 8.15. The average Bonchev–Trinajstić information content (AvgIpc) is 2.30. The lowest BCUT2D eigenvalue weighted by Crippen LogP contribution is -2.38. The monoisotopic (exact) mass is 253 g/mol. The lowest BCUT2D eigenvalue weighted by molar-refractivity contribution is -0.132. The van der Waals surface area contributed by atoms with E-state index in [1.807, 2.05) is 49.1 Å². The van der Waals surface area contributed by atoms with Crippen molar-refractivity contribution in [1.82, 2.24) is 4.90 Å².